The average molecular weight is 395 g/mol. The van der Waals surface area contributed by atoms with Gasteiger partial charge in [0.15, 0.2) is 17.3 Å². The molecule has 0 fully saturated rings. The lowest BCUT2D eigenvalue weighted by molar-refractivity contribution is -0.384. The maximum Gasteiger partial charge on any atom is 0.269 e. The zero-order chi connectivity index (χ0) is 19.9. The predicted molar refractivity (Wildman–Crippen MR) is 108 cm³/mol. The molecule has 0 aliphatic carbocycles. The van der Waals surface area contributed by atoms with Gasteiger partial charge in [0.1, 0.15) is 6.61 Å². The number of carbonyl (C=O) groups is 1. The topological polar surface area (TPSA) is 78.7 Å². The largest absolute Gasteiger partial charge is 0.493 e. The fourth-order valence-electron chi connectivity index (χ4n) is 2.47. The maximum absolute atomic E-state index is 12.2. The summed E-state index contributed by atoms with van der Waals surface area (Å²) in [6, 6.07) is 14.9. The Morgan fingerprint density at radius 2 is 1.93 bits per heavy atom. The third-order valence-electron chi connectivity index (χ3n) is 3.93. The monoisotopic (exact) mass is 395 g/mol. The predicted octanol–water partition coefficient (Wildman–Crippen LogP) is 5.14. The lowest BCUT2D eigenvalue weighted by Crippen LogP contribution is -1.97. The van der Waals surface area contributed by atoms with Crippen molar-refractivity contribution in [2.45, 2.75) is 6.61 Å². The van der Waals surface area contributed by atoms with Gasteiger partial charge in [0, 0.05) is 22.6 Å². The van der Waals surface area contributed by atoms with Gasteiger partial charge in [0.25, 0.3) is 5.69 Å². The van der Waals surface area contributed by atoms with Gasteiger partial charge in [-0.25, -0.2) is 0 Å². The van der Waals surface area contributed by atoms with Crippen LogP contribution in [0.3, 0.4) is 0 Å². The van der Waals surface area contributed by atoms with E-state index < -0.39 is 4.92 Å². The van der Waals surface area contributed by atoms with Gasteiger partial charge in [-0.15, -0.1) is 11.3 Å². The lowest BCUT2D eigenvalue weighted by Gasteiger charge is -2.10. The molecule has 6 nitrogen and oxygen atoms in total. The first kappa shape index (κ1) is 19.3. The second-order valence-electron chi connectivity index (χ2n) is 5.78. The number of nitro groups is 1. The molecule has 0 saturated heterocycles. The molecule has 142 valence electrons. The maximum atomic E-state index is 12.2. The molecule has 0 amide bonds. The van der Waals surface area contributed by atoms with Crippen LogP contribution in [0.1, 0.15) is 20.8 Å². The Kier molecular flexibility index (Phi) is 6.18. The van der Waals surface area contributed by atoms with Crippen molar-refractivity contribution in [2.75, 3.05) is 7.11 Å². The summed E-state index contributed by atoms with van der Waals surface area (Å²) >= 11 is 1.62. The van der Waals surface area contributed by atoms with Gasteiger partial charge in [-0.1, -0.05) is 18.2 Å². The molecule has 1 heterocycles. The van der Waals surface area contributed by atoms with Gasteiger partial charge >= 0.3 is 0 Å². The van der Waals surface area contributed by atoms with Gasteiger partial charge in [-0.05, 0) is 47.4 Å². The smallest absolute Gasteiger partial charge is 0.269 e. The first-order chi connectivity index (χ1) is 13.6. The molecule has 0 bridgehead atoms. The quantitative estimate of drug-likeness (QED) is 0.228. The highest BCUT2D eigenvalue weighted by Crippen LogP contribution is 2.29. The van der Waals surface area contributed by atoms with Crippen LogP contribution in [0.2, 0.25) is 0 Å². The van der Waals surface area contributed by atoms with Crippen molar-refractivity contribution in [2.24, 2.45) is 0 Å². The van der Waals surface area contributed by atoms with Crippen molar-refractivity contribution in [3.05, 3.63) is 92.2 Å². The van der Waals surface area contributed by atoms with Crippen LogP contribution in [0.4, 0.5) is 5.69 Å². The van der Waals surface area contributed by atoms with E-state index in [2.05, 4.69) is 0 Å². The van der Waals surface area contributed by atoms with Crippen molar-refractivity contribution in [3.8, 4) is 11.5 Å². The number of allylic oxidation sites excluding steroid dienone is 1. The summed E-state index contributed by atoms with van der Waals surface area (Å²) in [4.78, 5) is 23.5. The van der Waals surface area contributed by atoms with E-state index in [0.29, 0.717) is 23.7 Å². The van der Waals surface area contributed by atoms with E-state index >= 15 is 0 Å². The molecule has 0 spiro atoms. The number of ether oxygens (including phenoxy) is 2. The van der Waals surface area contributed by atoms with E-state index in [1.165, 1.54) is 30.3 Å². The molecule has 1 aromatic heterocycles. The van der Waals surface area contributed by atoms with Gasteiger partial charge in [-0.2, -0.15) is 0 Å². The highest BCUT2D eigenvalue weighted by Gasteiger charge is 2.08. The molecule has 7 heteroatoms. The highest BCUT2D eigenvalue weighted by atomic mass is 32.1. The Hall–Kier alpha value is -3.45. The first-order valence-corrected chi connectivity index (χ1v) is 9.25. The molecule has 0 atom stereocenters. The number of benzene rings is 2. The number of nitrogens with zero attached hydrogens (tertiary/aromatic N) is 1. The molecular weight excluding hydrogens is 378 g/mol. The zero-order valence-corrected chi connectivity index (χ0v) is 15.8. The van der Waals surface area contributed by atoms with Crippen LogP contribution in [0.5, 0.6) is 11.5 Å². The molecule has 0 unspecified atom stereocenters. The van der Waals surface area contributed by atoms with E-state index in [9.17, 15) is 14.9 Å². The Bertz CT molecular complexity index is 994. The SMILES string of the molecule is COc1cc(/C=C/C(=O)c2ccc([N+](=O)[O-])cc2)ccc1OCc1cccs1. The van der Waals surface area contributed by atoms with Gasteiger partial charge < -0.3 is 9.47 Å². The minimum atomic E-state index is -0.502. The molecular formula is C21H17NO5S. The summed E-state index contributed by atoms with van der Waals surface area (Å²) in [5, 5.41) is 12.7. The van der Waals surface area contributed by atoms with Crippen LogP contribution in [0.25, 0.3) is 6.08 Å². The third-order valence-corrected chi connectivity index (χ3v) is 4.78. The molecule has 28 heavy (non-hydrogen) atoms. The normalized spacial score (nSPS) is 10.8. The van der Waals surface area contributed by atoms with Crippen molar-refractivity contribution < 1.29 is 19.2 Å². The molecule has 0 aliphatic rings. The second-order valence-corrected chi connectivity index (χ2v) is 6.81. The number of rotatable bonds is 8. The number of thiophene rings is 1. The summed E-state index contributed by atoms with van der Waals surface area (Å²) in [5.74, 6) is 0.947. The van der Waals surface area contributed by atoms with Crippen molar-refractivity contribution in [1.82, 2.24) is 0 Å². The van der Waals surface area contributed by atoms with E-state index in [1.807, 2.05) is 23.6 Å². The van der Waals surface area contributed by atoms with Gasteiger partial charge in [-0.3, -0.25) is 14.9 Å². The van der Waals surface area contributed by atoms with Crippen molar-refractivity contribution in [3.63, 3.8) is 0 Å². The van der Waals surface area contributed by atoms with Crippen LogP contribution in [0.15, 0.2) is 66.1 Å². The summed E-state index contributed by atoms with van der Waals surface area (Å²) < 4.78 is 11.2. The molecule has 0 radical (unpaired) electrons. The third kappa shape index (κ3) is 4.83. The Morgan fingerprint density at radius 1 is 1.14 bits per heavy atom. The Labute approximate surface area is 165 Å². The van der Waals surface area contributed by atoms with Crippen LogP contribution >= 0.6 is 11.3 Å². The minimum absolute atomic E-state index is 0.0524. The standard InChI is InChI=1S/C21H17NO5S/c1-26-21-13-15(5-11-20(21)27-14-18-3-2-12-28-18)4-10-19(23)16-6-8-17(9-7-16)22(24)25/h2-13H,14H2,1H3/b10-4+. The van der Waals surface area contributed by atoms with E-state index in [-0.39, 0.29) is 11.5 Å². The highest BCUT2D eigenvalue weighted by molar-refractivity contribution is 7.09. The first-order valence-electron chi connectivity index (χ1n) is 8.37. The lowest BCUT2D eigenvalue weighted by atomic mass is 10.1. The molecule has 3 aromatic rings. The number of nitro benzene ring substituents is 1. The average Bonchev–Trinajstić information content (AvgIpc) is 3.24. The molecule has 3 rings (SSSR count). The number of hydrogen-bond acceptors (Lipinski definition) is 6. The van der Waals surface area contributed by atoms with E-state index in [1.54, 1.807) is 36.7 Å². The summed E-state index contributed by atoms with van der Waals surface area (Å²) in [6.07, 6.45) is 3.08. The summed E-state index contributed by atoms with van der Waals surface area (Å²) in [6.45, 7) is 0.460. The van der Waals surface area contributed by atoms with Gasteiger partial charge in [0.05, 0.1) is 12.0 Å². The number of methoxy groups -OCH3 is 1. The minimum Gasteiger partial charge on any atom is -0.493 e. The Morgan fingerprint density at radius 3 is 2.57 bits per heavy atom. The van der Waals surface area contributed by atoms with Crippen LogP contribution in [-0.4, -0.2) is 17.8 Å². The van der Waals surface area contributed by atoms with Crippen molar-refractivity contribution >= 4 is 28.9 Å². The van der Waals surface area contributed by atoms with Crippen LogP contribution in [0, 0.1) is 10.1 Å². The molecule has 0 saturated carbocycles. The van der Waals surface area contributed by atoms with Crippen LogP contribution < -0.4 is 9.47 Å². The van der Waals surface area contributed by atoms with Gasteiger partial charge in [0.2, 0.25) is 0 Å². The molecule has 0 aliphatic heterocycles. The second kappa shape index (κ2) is 8.96. The number of hydrogen-bond donors (Lipinski definition) is 0. The number of ketones is 1. The fourth-order valence-corrected chi connectivity index (χ4v) is 3.08. The fraction of sp³-hybridized carbons (Fsp3) is 0.0952. The number of carbonyl (C=O) groups excluding carboxylic acids is 1. The zero-order valence-electron chi connectivity index (χ0n) is 15.0. The van der Waals surface area contributed by atoms with E-state index in [4.69, 9.17) is 9.47 Å². The summed E-state index contributed by atoms with van der Waals surface area (Å²) in [5.41, 5.74) is 1.10. The van der Waals surface area contributed by atoms with E-state index in [0.717, 1.165) is 10.4 Å². The number of non-ortho nitro benzene ring substituents is 1. The van der Waals surface area contributed by atoms with Crippen molar-refractivity contribution in [1.29, 1.82) is 0 Å². The molecule has 0 N–H and O–H groups in total. The summed E-state index contributed by atoms with van der Waals surface area (Å²) in [7, 11) is 1.56. The Balaban J connectivity index is 1.69. The van der Waals surface area contributed by atoms with Crippen LogP contribution in [-0.2, 0) is 6.61 Å². The molecule has 2 aromatic carbocycles.